The topological polar surface area (TPSA) is 55.1 Å². The van der Waals surface area contributed by atoms with Gasteiger partial charge in [0.05, 0.1) is 0 Å². The molecule has 1 fully saturated rings. The summed E-state index contributed by atoms with van der Waals surface area (Å²) in [6.07, 6.45) is 5.75. The summed E-state index contributed by atoms with van der Waals surface area (Å²) in [7, 11) is 0. The Kier molecular flexibility index (Phi) is 5.09. The van der Waals surface area contributed by atoms with Crippen molar-refractivity contribution in [2.75, 3.05) is 6.54 Å². The second kappa shape index (κ2) is 6.11. The van der Waals surface area contributed by atoms with Crippen LogP contribution in [0.15, 0.2) is 0 Å². The van der Waals surface area contributed by atoms with Crippen molar-refractivity contribution in [3.8, 4) is 0 Å². The molecule has 1 amide bonds. The molecule has 3 heteroatoms. The van der Waals surface area contributed by atoms with E-state index in [1.54, 1.807) is 0 Å². The molecular formula is C12H24N2O. The average molecular weight is 212 g/mol. The smallest absolute Gasteiger partial charge is 0.220 e. The van der Waals surface area contributed by atoms with Gasteiger partial charge in [-0.2, -0.15) is 0 Å². The van der Waals surface area contributed by atoms with Crippen LogP contribution in [0.25, 0.3) is 0 Å². The van der Waals surface area contributed by atoms with E-state index in [9.17, 15) is 4.79 Å². The molecule has 0 bridgehead atoms. The minimum Gasteiger partial charge on any atom is -0.353 e. The number of nitrogens with one attached hydrogen (secondary N) is 1. The van der Waals surface area contributed by atoms with E-state index in [2.05, 4.69) is 12.2 Å². The van der Waals surface area contributed by atoms with Crippen LogP contribution in [0.5, 0.6) is 0 Å². The number of amides is 1. The first-order chi connectivity index (χ1) is 7.13. The second-order valence-corrected chi connectivity index (χ2v) is 4.95. The lowest BCUT2D eigenvalue weighted by Gasteiger charge is -2.21. The highest BCUT2D eigenvalue weighted by Crippen LogP contribution is 2.27. The normalized spacial score (nSPS) is 21.3. The highest BCUT2D eigenvalue weighted by Gasteiger charge is 2.22. The number of rotatable bonds is 5. The molecule has 2 atom stereocenters. The molecule has 0 spiro atoms. The fraction of sp³-hybridized carbons (Fsp3) is 0.917. The van der Waals surface area contributed by atoms with Crippen molar-refractivity contribution in [1.29, 1.82) is 0 Å². The SMILES string of the molecule is CC(CN)CC(=O)N[C@H](C)C1CCCC1. The van der Waals surface area contributed by atoms with Gasteiger partial charge in [0.25, 0.3) is 0 Å². The van der Waals surface area contributed by atoms with Gasteiger partial charge in [-0.25, -0.2) is 0 Å². The van der Waals surface area contributed by atoms with E-state index in [1.165, 1.54) is 25.7 Å². The summed E-state index contributed by atoms with van der Waals surface area (Å²) in [5, 5.41) is 3.09. The molecule has 88 valence electrons. The molecular weight excluding hydrogens is 188 g/mol. The number of carbonyl (C=O) groups is 1. The minimum absolute atomic E-state index is 0.160. The Morgan fingerprint density at radius 3 is 2.53 bits per heavy atom. The summed E-state index contributed by atoms with van der Waals surface area (Å²) in [5.74, 6) is 1.15. The van der Waals surface area contributed by atoms with Crippen LogP contribution in [0, 0.1) is 11.8 Å². The highest BCUT2D eigenvalue weighted by molar-refractivity contribution is 5.76. The molecule has 15 heavy (non-hydrogen) atoms. The van der Waals surface area contributed by atoms with E-state index in [0.717, 1.165) is 0 Å². The molecule has 1 aliphatic carbocycles. The summed E-state index contributed by atoms with van der Waals surface area (Å²) in [4.78, 5) is 11.6. The van der Waals surface area contributed by atoms with Crippen LogP contribution in [-0.4, -0.2) is 18.5 Å². The van der Waals surface area contributed by atoms with Gasteiger partial charge in [-0.05, 0) is 38.1 Å². The summed E-state index contributed by atoms with van der Waals surface area (Å²) in [6.45, 7) is 4.73. The third-order valence-corrected chi connectivity index (χ3v) is 3.43. The van der Waals surface area contributed by atoms with E-state index in [0.29, 0.717) is 30.8 Å². The first-order valence-corrected chi connectivity index (χ1v) is 6.13. The summed E-state index contributed by atoms with van der Waals surface area (Å²) in [6, 6.07) is 0.338. The Labute approximate surface area is 92.8 Å². The van der Waals surface area contributed by atoms with Gasteiger partial charge in [0, 0.05) is 12.5 Å². The molecule has 1 unspecified atom stereocenters. The van der Waals surface area contributed by atoms with Crippen LogP contribution in [-0.2, 0) is 4.79 Å². The third-order valence-electron chi connectivity index (χ3n) is 3.43. The van der Waals surface area contributed by atoms with Crippen LogP contribution in [0.4, 0.5) is 0 Å². The van der Waals surface area contributed by atoms with Gasteiger partial charge >= 0.3 is 0 Å². The van der Waals surface area contributed by atoms with E-state index in [4.69, 9.17) is 5.73 Å². The zero-order chi connectivity index (χ0) is 11.3. The first-order valence-electron chi connectivity index (χ1n) is 6.13. The monoisotopic (exact) mass is 212 g/mol. The molecule has 0 radical (unpaired) electrons. The van der Waals surface area contributed by atoms with Crippen molar-refractivity contribution in [1.82, 2.24) is 5.32 Å². The van der Waals surface area contributed by atoms with Gasteiger partial charge in [0.2, 0.25) is 5.91 Å². The Balaban J connectivity index is 2.24. The van der Waals surface area contributed by atoms with Crippen molar-refractivity contribution in [2.24, 2.45) is 17.6 Å². The van der Waals surface area contributed by atoms with Crippen LogP contribution >= 0.6 is 0 Å². The zero-order valence-corrected chi connectivity index (χ0v) is 9.96. The first kappa shape index (κ1) is 12.5. The third kappa shape index (κ3) is 4.20. The summed E-state index contributed by atoms with van der Waals surface area (Å²) in [5.41, 5.74) is 5.49. The number of hydrogen-bond acceptors (Lipinski definition) is 2. The Morgan fingerprint density at radius 1 is 1.40 bits per heavy atom. The molecule has 0 heterocycles. The lowest BCUT2D eigenvalue weighted by atomic mass is 9.99. The fourth-order valence-electron chi connectivity index (χ4n) is 2.29. The minimum atomic E-state index is 0.160. The van der Waals surface area contributed by atoms with Crippen LogP contribution in [0.2, 0.25) is 0 Å². The highest BCUT2D eigenvalue weighted by atomic mass is 16.1. The molecule has 0 aromatic heterocycles. The quantitative estimate of drug-likeness (QED) is 0.728. The molecule has 3 nitrogen and oxygen atoms in total. The van der Waals surface area contributed by atoms with Crippen LogP contribution < -0.4 is 11.1 Å². The fourth-order valence-corrected chi connectivity index (χ4v) is 2.29. The predicted molar refractivity (Wildman–Crippen MR) is 62.4 cm³/mol. The molecule has 1 rings (SSSR count). The molecule has 1 saturated carbocycles. The van der Waals surface area contributed by atoms with E-state index >= 15 is 0 Å². The van der Waals surface area contributed by atoms with Gasteiger partial charge < -0.3 is 11.1 Å². The lowest BCUT2D eigenvalue weighted by molar-refractivity contribution is -0.122. The molecule has 1 aliphatic rings. The van der Waals surface area contributed by atoms with Gasteiger partial charge in [-0.3, -0.25) is 4.79 Å². The van der Waals surface area contributed by atoms with Gasteiger partial charge in [-0.1, -0.05) is 19.8 Å². The van der Waals surface area contributed by atoms with Gasteiger partial charge in [-0.15, -0.1) is 0 Å². The van der Waals surface area contributed by atoms with Crippen molar-refractivity contribution in [3.05, 3.63) is 0 Å². The summed E-state index contributed by atoms with van der Waals surface area (Å²) >= 11 is 0. The van der Waals surface area contributed by atoms with Crippen molar-refractivity contribution in [3.63, 3.8) is 0 Å². The van der Waals surface area contributed by atoms with Gasteiger partial charge in [0.15, 0.2) is 0 Å². The largest absolute Gasteiger partial charge is 0.353 e. The Bertz CT molecular complexity index is 200. The van der Waals surface area contributed by atoms with Gasteiger partial charge in [0.1, 0.15) is 0 Å². The van der Waals surface area contributed by atoms with E-state index in [-0.39, 0.29) is 5.91 Å². The van der Waals surface area contributed by atoms with E-state index in [1.807, 2.05) is 6.92 Å². The van der Waals surface area contributed by atoms with Crippen LogP contribution in [0.3, 0.4) is 0 Å². The lowest BCUT2D eigenvalue weighted by Crippen LogP contribution is -2.38. The molecule has 0 aliphatic heterocycles. The Hall–Kier alpha value is -0.570. The maximum atomic E-state index is 11.6. The molecule has 0 saturated heterocycles. The predicted octanol–water partition coefficient (Wildman–Crippen LogP) is 1.67. The van der Waals surface area contributed by atoms with Crippen LogP contribution in [0.1, 0.15) is 46.0 Å². The molecule has 0 aromatic carbocycles. The average Bonchev–Trinajstić information content (AvgIpc) is 2.70. The molecule has 3 N–H and O–H groups in total. The maximum absolute atomic E-state index is 11.6. The zero-order valence-electron chi connectivity index (χ0n) is 9.96. The van der Waals surface area contributed by atoms with Crippen molar-refractivity contribution >= 4 is 5.91 Å². The van der Waals surface area contributed by atoms with Crippen molar-refractivity contribution < 1.29 is 4.79 Å². The van der Waals surface area contributed by atoms with Crippen molar-refractivity contribution in [2.45, 2.75) is 52.0 Å². The maximum Gasteiger partial charge on any atom is 0.220 e. The second-order valence-electron chi connectivity index (χ2n) is 4.95. The number of carbonyl (C=O) groups excluding carboxylic acids is 1. The number of nitrogens with two attached hydrogens (primary N) is 1. The molecule has 0 aromatic rings. The number of hydrogen-bond donors (Lipinski definition) is 2. The Morgan fingerprint density at radius 2 is 2.00 bits per heavy atom. The van der Waals surface area contributed by atoms with E-state index < -0.39 is 0 Å². The summed E-state index contributed by atoms with van der Waals surface area (Å²) < 4.78 is 0. The standard InChI is InChI=1S/C12H24N2O/c1-9(8-13)7-12(15)14-10(2)11-5-3-4-6-11/h9-11H,3-8,13H2,1-2H3,(H,14,15)/t9?,10-/m1/s1.